The van der Waals surface area contributed by atoms with E-state index >= 15 is 0 Å². The third-order valence-corrected chi connectivity index (χ3v) is 5.18. The van der Waals surface area contributed by atoms with Crippen molar-refractivity contribution in [2.24, 2.45) is 5.73 Å². The number of hydrogen-bond acceptors (Lipinski definition) is 3. The molecule has 1 aromatic heterocycles. The molecule has 0 radical (unpaired) electrons. The fraction of sp³-hybridized carbons (Fsp3) is 0.286. The summed E-state index contributed by atoms with van der Waals surface area (Å²) in [6.07, 6.45) is 0. The maximum Gasteiger partial charge on any atom is 0.160 e. The van der Waals surface area contributed by atoms with Crippen molar-refractivity contribution in [3.05, 3.63) is 50.4 Å². The molecule has 19 heavy (non-hydrogen) atoms. The summed E-state index contributed by atoms with van der Waals surface area (Å²) in [6, 6.07) is 7.85. The van der Waals surface area contributed by atoms with Crippen LogP contribution in [0.25, 0.3) is 0 Å². The largest absolute Gasteiger partial charge is 0.365 e. The van der Waals surface area contributed by atoms with Gasteiger partial charge < -0.3 is 10.6 Å². The summed E-state index contributed by atoms with van der Waals surface area (Å²) >= 11 is 4.95. The number of nitrogens with zero attached hydrogens (tertiary/aromatic N) is 1. The van der Waals surface area contributed by atoms with Gasteiger partial charge in [-0.3, -0.25) is 0 Å². The molecule has 2 rings (SSSR count). The average Bonchev–Trinajstić information content (AvgIpc) is 2.94. The van der Waals surface area contributed by atoms with Crippen LogP contribution in [0.4, 0.5) is 10.1 Å². The molecule has 0 bridgehead atoms. The molecular formula is C14H16BrFN2S. The molecule has 1 atom stereocenters. The van der Waals surface area contributed by atoms with Crippen LogP contribution in [0.3, 0.4) is 0 Å². The van der Waals surface area contributed by atoms with Gasteiger partial charge in [0.15, 0.2) is 5.82 Å². The molecule has 1 aromatic carbocycles. The van der Waals surface area contributed by atoms with Gasteiger partial charge in [-0.05, 0) is 45.9 Å². The van der Waals surface area contributed by atoms with Crippen LogP contribution in [0.2, 0.25) is 0 Å². The normalized spacial score (nSPS) is 12.5. The third-order valence-electron chi connectivity index (χ3n) is 3.28. The molecular weight excluding hydrogens is 327 g/mol. The molecule has 0 amide bonds. The standard InChI is InChI=1S/C14H16BrFN2S/c1-9(12-4-3-7-19-12)18(2)11-6-5-10(8-17)13(15)14(11)16/h3-7,9H,8,17H2,1-2H3. The SMILES string of the molecule is CC(c1cccs1)N(C)c1ccc(CN)c(Br)c1F. The molecule has 102 valence electrons. The minimum atomic E-state index is -0.256. The lowest BCUT2D eigenvalue weighted by Gasteiger charge is -2.27. The highest BCUT2D eigenvalue weighted by Gasteiger charge is 2.19. The number of hydrogen-bond donors (Lipinski definition) is 1. The third kappa shape index (κ3) is 2.83. The van der Waals surface area contributed by atoms with Crippen LogP contribution in [0, 0.1) is 5.82 Å². The first-order valence-electron chi connectivity index (χ1n) is 5.99. The van der Waals surface area contributed by atoms with Crippen molar-refractivity contribution in [1.29, 1.82) is 0 Å². The van der Waals surface area contributed by atoms with Crippen molar-refractivity contribution in [3.63, 3.8) is 0 Å². The van der Waals surface area contributed by atoms with Crippen molar-refractivity contribution >= 4 is 33.0 Å². The molecule has 0 aliphatic rings. The highest BCUT2D eigenvalue weighted by molar-refractivity contribution is 9.10. The van der Waals surface area contributed by atoms with Crippen LogP contribution < -0.4 is 10.6 Å². The molecule has 1 unspecified atom stereocenters. The molecule has 2 N–H and O–H groups in total. The van der Waals surface area contributed by atoms with E-state index in [4.69, 9.17) is 5.73 Å². The van der Waals surface area contributed by atoms with Crippen LogP contribution in [-0.4, -0.2) is 7.05 Å². The first-order valence-corrected chi connectivity index (χ1v) is 7.66. The Hall–Kier alpha value is -0.910. The van der Waals surface area contributed by atoms with E-state index < -0.39 is 0 Å². The van der Waals surface area contributed by atoms with Gasteiger partial charge in [0.05, 0.1) is 16.2 Å². The lowest BCUT2D eigenvalue weighted by atomic mass is 10.1. The fourth-order valence-corrected chi connectivity index (χ4v) is 3.26. The van der Waals surface area contributed by atoms with Gasteiger partial charge in [0.1, 0.15) is 0 Å². The Morgan fingerprint density at radius 1 is 1.42 bits per heavy atom. The number of anilines is 1. The number of nitrogens with two attached hydrogens (primary N) is 1. The predicted molar refractivity (Wildman–Crippen MR) is 83.1 cm³/mol. The molecule has 0 fully saturated rings. The first-order chi connectivity index (χ1) is 9.06. The lowest BCUT2D eigenvalue weighted by Crippen LogP contribution is -2.22. The van der Waals surface area contributed by atoms with Gasteiger partial charge in [-0.15, -0.1) is 11.3 Å². The monoisotopic (exact) mass is 342 g/mol. The molecule has 5 heteroatoms. The fourth-order valence-electron chi connectivity index (χ4n) is 1.94. The van der Waals surface area contributed by atoms with Gasteiger partial charge in [0.25, 0.3) is 0 Å². The Labute approximate surface area is 125 Å². The summed E-state index contributed by atoms with van der Waals surface area (Å²) in [5, 5.41) is 2.03. The maximum atomic E-state index is 14.4. The van der Waals surface area contributed by atoms with E-state index in [1.54, 1.807) is 17.4 Å². The second kappa shape index (κ2) is 6.03. The van der Waals surface area contributed by atoms with Gasteiger partial charge in [-0.2, -0.15) is 0 Å². The van der Waals surface area contributed by atoms with E-state index in [2.05, 4.69) is 28.9 Å². The van der Waals surface area contributed by atoms with E-state index in [0.717, 1.165) is 5.56 Å². The van der Waals surface area contributed by atoms with Crippen molar-refractivity contribution in [2.45, 2.75) is 19.5 Å². The summed E-state index contributed by atoms with van der Waals surface area (Å²) in [7, 11) is 1.90. The van der Waals surface area contributed by atoms with Gasteiger partial charge in [0, 0.05) is 18.5 Å². The Morgan fingerprint density at radius 2 is 2.16 bits per heavy atom. The Kier molecular flexibility index (Phi) is 4.60. The molecule has 0 saturated carbocycles. The average molecular weight is 343 g/mol. The minimum Gasteiger partial charge on any atom is -0.365 e. The highest BCUT2D eigenvalue weighted by Crippen LogP contribution is 2.34. The Balaban J connectivity index is 2.34. The van der Waals surface area contributed by atoms with Crippen molar-refractivity contribution < 1.29 is 4.39 Å². The molecule has 2 nitrogen and oxygen atoms in total. The van der Waals surface area contributed by atoms with E-state index in [1.807, 2.05) is 29.5 Å². The Bertz CT molecular complexity index is 557. The summed E-state index contributed by atoms with van der Waals surface area (Å²) in [4.78, 5) is 3.15. The van der Waals surface area contributed by atoms with Crippen molar-refractivity contribution in [1.82, 2.24) is 0 Å². The zero-order valence-corrected chi connectivity index (χ0v) is 13.3. The molecule has 0 aliphatic heterocycles. The number of halogens is 2. The predicted octanol–water partition coefficient (Wildman–Crippen LogP) is 4.31. The second-order valence-corrected chi connectivity index (χ2v) is 6.15. The Morgan fingerprint density at radius 3 is 2.74 bits per heavy atom. The molecule has 2 aromatic rings. The topological polar surface area (TPSA) is 29.3 Å². The van der Waals surface area contributed by atoms with E-state index in [9.17, 15) is 4.39 Å². The van der Waals surface area contributed by atoms with E-state index in [1.165, 1.54) is 4.88 Å². The highest BCUT2D eigenvalue weighted by atomic mass is 79.9. The van der Waals surface area contributed by atoms with Gasteiger partial charge >= 0.3 is 0 Å². The molecule has 1 heterocycles. The van der Waals surface area contributed by atoms with Crippen molar-refractivity contribution in [2.75, 3.05) is 11.9 Å². The lowest BCUT2D eigenvalue weighted by molar-refractivity contribution is 0.604. The van der Waals surface area contributed by atoms with Crippen LogP contribution in [-0.2, 0) is 6.54 Å². The van der Waals surface area contributed by atoms with E-state index in [-0.39, 0.29) is 11.9 Å². The second-order valence-electron chi connectivity index (χ2n) is 4.38. The summed E-state index contributed by atoms with van der Waals surface area (Å²) in [5.41, 5.74) is 6.92. The maximum absolute atomic E-state index is 14.4. The van der Waals surface area contributed by atoms with Gasteiger partial charge in [0.2, 0.25) is 0 Å². The number of benzene rings is 1. The molecule has 0 aliphatic carbocycles. The number of thiophene rings is 1. The smallest absolute Gasteiger partial charge is 0.160 e. The van der Waals surface area contributed by atoms with Crippen LogP contribution >= 0.6 is 27.3 Å². The van der Waals surface area contributed by atoms with Crippen LogP contribution in [0.15, 0.2) is 34.1 Å². The summed E-state index contributed by atoms with van der Waals surface area (Å²) in [5.74, 6) is -0.256. The van der Waals surface area contributed by atoms with Crippen LogP contribution in [0.5, 0.6) is 0 Å². The van der Waals surface area contributed by atoms with Gasteiger partial charge in [-0.25, -0.2) is 4.39 Å². The summed E-state index contributed by atoms with van der Waals surface area (Å²) < 4.78 is 14.8. The van der Waals surface area contributed by atoms with Crippen molar-refractivity contribution in [3.8, 4) is 0 Å². The first kappa shape index (κ1) is 14.5. The van der Waals surface area contributed by atoms with Gasteiger partial charge in [-0.1, -0.05) is 12.1 Å². The zero-order valence-electron chi connectivity index (χ0n) is 10.9. The molecule has 0 spiro atoms. The van der Waals surface area contributed by atoms with E-state index in [0.29, 0.717) is 16.7 Å². The van der Waals surface area contributed by atoms with Crippen LogP contribution in [0.1, 0.15) is 23.4 Å². The number of rotatable bonds is 4. The summed E-state index contributed by atoms with van der Waals surface area (Å²) in [6.45, 7) is 2.39. The molecule has 0 saturated heterocycles. The quantitative estimate of drug-likeness (QED) is 0.897. The zero-order chi connectivity index (χ0) is 14.0. The minimum absolute atomic E-state index is 0.130.